The molecule has 0 spiro atoms. The van der Waals surface area contributed by atoms with Crippen molar-refractivity contribution < 1.29 is 0 Å². The predicted octanol–water partition coefficient (Wildman–Crippen LogP) is 2.10. The minimum absolute atomic E-state index is 0.730. The minimum Gasteiger partial charge on any atom is -0.359 e. The fourth-order valence-electron chi connectivity index (χ4n) is 2.14. The van der Waals surface area contributed by atoms with Crippen LogP contribution in [0, 0.1) is 0 Å². The summed E-state index contributed by atoms with van der Waals surface area (Å²) in [4.78, 5) is 19.0. The molecule has 0 N–H and O–H groups in total. The zero-order valence-electron chi connectivity index (χ0n) is 11.3. The van der Waals surface area contributed by atoms with Crippen molar-refractivity contribution in [3.05, 3.63) is 54.7 Å². The van der Waals surface area contributed by atoms with Crippen molar-refractivity contribution in [2.75, 3.05) is 18.5 Å². The van der Waals surface area contributed by atoms with Gasteiger partial charge in [0.25, 0.3) is 0 Å². The van der Waals surface area contributed by atoms with Gasteiger partial charge in [0.05, 0.1) is 5.39 Å². The van der Waals surface area contributed by atoms with Crippen LogP contribution in [0.1, 0.15) is 5.56 Å². The second-order valence-electron chi connectivity index (χ2n) is 4.60. The average molecular weight is 265 g/mol. The van der Waals surface area contributed by atoms with Gasteiger partial charge in [-0.1, -0.05) is 0 Å². The van der Waals surface area contributed by atoms with Gasteiger partial charge in [-0.3, -0.25) is 4.98 Å². The van der Waals surface area contributed by atoms with Gasteiger partial charge in [-0.25, -0.2) is 15.0 Å². The van der Waals surface area contributed by atoms with Crippen LogP contribution >= 0.6 is 0 Å². The first-order valence-electron chi connectivity index (χ1n) is 6.50. The molecule has 100 valence electrons. The van der Waals surface area contributed by atoms with E-state index < -0.39 is 0 Å². The van der Waals surface area contributed by atoms with Crippen LogP contribution in [0.4, 0.5) is 5.82 Å². The maximum absolute atomic E-state index is 4.38. The summed E-state index contributed by atoms with van der Waals surface area (Å²) >= 11 is 0. The Kier molecular flexibility index (Phi) is 3.50. The molecule has 0 bridgehead atoms. The second kappa shape index (κ2) is 5.61. The van der Waals surface area contributed by atoms with Gasteiger partial charge in [0.1, 0.15) is 12.1 Å². The minimum atomic E-state index is 0.730. The van der Waals surface area contributed by atoms with E-state index in [1.165, 1.54) is 5.56 Å². The number of rotatable bonds is 4. The molecule has 5 nitrogen and oxygen atoms in total. The lowest BCUT2D eigenvalue weighted by Gasteiger charge is -2.19. The third-order valence-electron chi connectivity index (χ3n) is 3.23. The van der Waals surface area contributed by atoms with E-state index in [9.17, 15) is 0 Å². The predicted molar refractivity (Wildman–Crippen MR) is 78.5 cm³/mol. The Labute approximate surface area is 117 Å². The summed E-state index contributed by atoms with van der Waals surface area (Å²) in [6.45, 7) is 0.880. The molecule has 3 aromatic heterocycles. The van der Waals surface area contributed by atoms with Gasteiger partial charge in [-0.2, -0.15) is 0 Å². The Morgan fingerprint density at radius 2 is 1.85 bits per heavy atom. The highest BCUT2D eigenvalue weighted by atomic mass is 15.2. The van der Waals surface area contributed by atoms with E-state index in [1.807, 2.05) is 43.7 Å². The zero-order valence-corrected chi connectivity index (χ0v) is 11.3. The van der Waals surface area contributed by atoms with Crippen molar-refractivity contribution in [2.45, 2.75) is 6.42 Å². The fraction of sp³-hybridized carbons (Fsp3) is 0.200. The number of aromatic nitrogens is 4. The highest BCUT2D eigenvalue weighted by molar-refractivity contribution is 5.86. The van der Waals surface area contributed by atoms with Crippen LogP contribution < -0.4 is 4.90 Å². The fourth-order valence-corrected chi connectivity index (χ4v) is 2.14. The van der Waals surface area contributed by atoms with Crippen molar-refractivity contribution in [1.82, 2.24) is 19.9 Å². The highest BCUT2D eigenvalue weighted by Gasteiger charge is 2.08. The number of hydrogen-bond donors (Lipinski definition) is 0. The largest absolute Gasteiger partial charge is 0.359 e. The van der Waals surface area contributed by atoms with E-state index in [0.717, 1.165) is 29.8 Å². The third kappa shape index (κ3) is 2.56. The van der Waals surface area contributed by atoms with Crippen LogP contribution in [0.15, 0.2) is 49.2 Å². The first kappa shape index (κ1) is 12.5. The van der Waals surface area contributed by atoms with Crippen LogP contribution in [0.3, 0.4) is 0 Å². The standard InChI is InChI=1S/C15H15N5/c1-20(10-6-12-4-8-16-9-5-12)15-13-3-2-7-17-14(13)18-11-19-15/h2-5,7-9,11H,6,10H2,1H3. The van der Waals surface area contributed by atoms with Crippen molar-refractivity contribution >= 4 is 16.9 Å². The van der Waals surface area contributed by atoms with E-state index in [-0.39, 0.29) is 0 Å². The number of likely N-dealkylation sites (N-methyl/N-ethyl adjacent to an activating group) is 1. The lowest BCUT2D eigenvalue weighted by atomic mass is 10.2. The molecule has 0 aliphatic rings. The quantitative estimate of drug-likeness (QED) is 0.723. The molecule has 0 aliphatic carbocycles. The molecule has 0 amide bonds. The molecule has 0 radical (unpaired) electrons. The summed E-state index contributed by atoms with van der Waals surface area (Å²) in [6.07, 6.45) is 7.90. The monoisotopic (exact) mass is 265 g/mol. The molecule has 20 heavy (non-hydrogen) atoms. The van der Waals surface area contributed by atoms with E-state index >= 15 is 0 Å². The molecule has 5 heteroatoms. The summed E-state index contributed by atoms with van der Waals surface area (Å²) < 4.78 is 0. The van der Waals surface area contributed by atoms with E-state index in [0.29, 0.717) is 0 Å². The average Bonchev–Trinajstić information content (AvgIpc) is 2.53. The topological polar surface area (TPSA) is 54.8 Å². The molecule has 0 aromatic carbocycles. The third-order valence-corrected chi connectivity index (χ3v) is 3.23. The Morgan fingerprint density at radius 1 is 1.00 bits per heavy atom. The SMILES string of the molecule is CN(CCc1ccncc1)c1ncnc2ncccc12. The Morgan fingerprint density at radius 3 is 2.70 bits per heavy atom. The van der Waals surface area contributed by atoms with Crippen LogP contribution in [0.2, 0.25) is 0 Å². The molecule has 3 aromatic rings. The first-order chi connectivity index (χ1) is 9.84. The van der Waals surface area contributed by atoms with Crippen molar-refractivity contribution in [1.29, 1.82) is 0 Å². The maximum atomic E-state index is 4.38. The molecular formula is C15H15N5. The Balaban J connectivity index is 1.80. The van der Waals surface area contributed by atoms with Crippen molar-refractivity contribution in [2.24, 2.45) is 0 Å². The second-order valence-corrected chi connectivity index (χ2v) is 4.60. The van der Waals surface area contributed by atoms with Gasteiger partial charge in [0.15, 0.2) is 5.65 Å². The van der Waals surface area contributed by atoms with Gasteiger partial charge >= 0.3 is 0 Å². The van der Waals surface area contributed by atoms with Crippen LogP contribution in [-0.4, -0.2) is 33.5 Å². The van der Waals surface area contributed by atoms with Crippen LogP contribution in [0.5, 0.6) is 0 Å². The summed E-state index contributed by atoms with van der Waals surface area (Å²) in [5.41, 5.74) is 2.00. The van der Waals surface area contributed by atoms with Crippen molar-refractivity contribution in [3.63, 3.8) is 0 Å². The van der Waals surface area contributed by atoms with Crippen LogP contribution in [-0.2, 0) is 6.42 Å². The lowest BCUT2D eigenvalue weighted by Crippen LogP contribution is -2.21. The highest BCUT2D eigenvalue weighted by Crippen LogP contribution is 2.20. The summed E-state index contributed by atoms with van der Waals surface area (Å²) in [7, 11) is 2.04. The first-order valence-corrected chi connectivity index (χ1v) is 6.50. The van der Waals surface area contributed by atoms with E-state index in [1.54, 1.807) is 12.5 Å². The van der Waals surface area contributed by atoms with Gasteiger partial charge in [-0.15, -0.1) is 0 Å². The zero-order chi connectivity index (χ0) is 13.8. The van der Waals surface area contributed by atoms with E-state index in [2.05, 4.69) is 24.8 Å². The Hall–Kier alpha value is -2.56. The Bertz CT molecular complexity index is 693. The maximum Gasteiger partial charge on any atom is 0.164 e. The van der Waals surface area contributed by atoms with Gasteiger partial charge < -0.3 is 4.90 Å². The molecule has 0 atom stereocenters. The molecule has 0 saturated carbocycles. The van der Waals surface area contributed by atoms with Crippen molar-refractivity contribution in [3.8, 4) is 0 Å². The molecule has 0 unspecified atom stereocenters. The molecule has 0 saturated heterocycles. The molecular weight excluding hydrogens is 250 g/mol. The number of nitrogens with zero attached hydrogens (tertiary/aromatic N) is 5. The lowest BCUT2D eigenvalue weighted by molar-refractivity contribution is 0.860. The molecule has 3 rings (SSSR count). The van der Waals surface area contributed by atoms with Gasteiger partial charge in [0, 0.05) is 32.2 Å². The van der Waals surface area contributed by atoms with Crippen LogP contribution in [0.25, 0.3) is 11.0 Å². The van der Waals surface area contributed by atoms with Gasteiger partial charge in [-0.05, 0) is 36.2 Å². The molecule has 0 aliphatic heterocycles. The number of pyridine rings is 2. The number of fused-ring (bicyclic) bond motifs is 1. The normalized spacial score (nSPS) is 10.7. The molecule has 0 fully saturated rings. The number of hydrogen-bond acceptors (Lipinski definition) is 5. The smallest absolute Gasteiger partial charge is 0.164 e. The summed E-state index contributed by atoms with van der Waals surface area (Å²) in [5, 5.41) is 0.979. The summed E-state index contributed by atoms with van der Waals surface area (Å²) in [6, 6.07) is 7.98. The molecule has 3 heterocycles. The number of anilines is 1. The summed E-state index contributed by atoms with van der Waals surface area (Å²) in [5.74, 6) is 0.914. The van der Waals surface area contributed by atoms with Gasteiger partial charge in [0.2, 0.25) is 0 Å². The van der Waals surface area contributed by atoms with E-state index in [4.69, 9.17) is 0 Å².